The molecule has 0 spiro atoms. The maximum Gasteiger partial charge on any atom is 0.261 e. The summed E-state index contributed by atoms with van der Waals surface area (Å²) < 4.78 is 34.2. The first kappa shape index (κ1) is 22.8. The summed E-state index contributed by atoms with van der Waals surface area (Å²) in [7, 11) is -2.22. The average molecular weight is 503 g/mol. The van der Waals surface area contributed by atoms with Crippen molar-refractivity contribution in [2.45, 2.75) is 25.7 Å². The zero-order chi connectivity index (χ0) is 22.8. The highest BCUT2D eigenvalue weighted by Crippen LogP contribution is 2.27. The van der Waals surface area contributed by atoms with Gasteiger partial charge >= 0.3 is 0 Å². The second-order valence-electron chi connectivity index (χ2n) is 7.21. The monoisotopic (exact) mass is 502 g/mol. The molecule has 0 unspecified atom stereocenters. The zero-order valence-electron chi connectivity index (χ0n) is 17.6. The van der Waals surface area contributed by atoms with Crippen LogP contribution in [0.25, 0.3) is 0 Å². The topological polar surface area (TPSA) is 84.5 Å². The molecule has 2 N–H and O–H groups in total. The first-order valence-corrected chi connectivity index (χ1v) is 11.7. The number of ether oxygens (including phenoxy) is 1. The van der Waals surface area contributed by atoms with E-state index in [-0.39, 0.29) is 10.8 Å². The fraction of sp³-hybridized carbons (Fsp3) is 0.174. The van der Waals surface area contributed by atoms with Gasteiger partial charge in [0.1, 0.15) is 5.75 Å². The van der Waals surface area contributed by atoms with Crippen molar-refractivity contribution in [3.63, 3.8) is 0 Å². The third-order valence-electron chi connectivity index (χ3n) is 4.75. The van der Waals surface area contributed by atoms with E-state index in [1.807, 2.05) is 32.9 Å². The Balaban J connectivity index is 1.76. The summed E-state index contributed by atoms with van der Waals surface area (Å²) in [6, 6.07) is 14.9. The predicted molar refractivity (Wildman–Crippen MR) is 127 cm³/mol. The number of aryl methyl sites for hydroxylation is 3. The molecule has 1 amide bonds. The lowest BCUT2D eigenvalue weighted by molar-refractivity contribution is 0.102. The van der Waals surface area contributed by atoms with Crippen LogP contribution in [-0.4, -0.2) is 21.4 Å². The van der Waals surface area contributed by atoms with E-state index < -0.39 is 10.0 Å². The summed E-state index contributed by atoms with van der Waals surface area (Å²) in [4.78, 5) is 12.6. The average Bonchev–Trinajstić information content (AvgIpc) is 2.71. The molecule has 0 radical (unpaired) electrons. The Hall–Kier alpha value is -2.84. The largest absolute Gasteiger partial charge is 0.496 e. The van der Waals surface area contributed by atoms with Gasteiger partial charge in [-0.1, -0.05) is 17.7 Å². The molecule has 0 atom stereocenters. The first-order valence-electron chi connectivity index (χ1n) is 9.46. The molecule has 0 aromatic heterocycles. The molecule has 3 aromatic carbocycles. The number of anilines is 2. The Labute approximate surface area is 190 Å². The molecule has 0 saturated heterocycles. The molecule has 3 rings (SSSR count). The zero-order valence-corrected chi connectivity index (χ0v) is 20.0. The number of carbonyl (C=O) groups excluding carboxylic acids is 1. The van der Waals surface area contributed by atoms with Crippen LogP contribution in [0.1, 0.15) is 27.0 Å². The molecular weight excluding hydrogens is 480 g/mol. The minimum absolute atomic E-state index is 0.108. The predicted octanol–water partition coefficient (Wildman–Crippen LogP) is 5.44. The van der Waals surface area contributed by atoms with Crippen LogP contribution in [0.15, 0.2) is 64.0 Å². The third-order valence-corrected chi connectivity index (χ3v) is 6.74. The maximum atomic E-state index is 12.8. The number of methoxy groups -OCH3 is 1. The van der Waals surface area contributed by atoms with Gasteiger partial charge in [0, 0.05) is 11.3 Å². The second kappa shape index (κ2) is 9.11. The van der Waals surface area contributed by atoms with E-state index >= 15 is 0 Å². The second-order valence-corrected chi connectivity index (χ2v) is 9.74. The Morgan fingerprint density at radius 1 is 0.935 bits per heavy atom. The number of rotatable bonds is 6. The maximum absolute atomic E-state index is 12.8. The van der Waals surface area contributed by atoms with Crippen molar-refractivity contribution < 1.29 is 17.9 Å². The molecule has 3 aromatic rings. The first-order chi connectivity index (χ1) is 14.6. The highest BCUT2D eigenvalue weighted by atomic mass is 79.9. The van der Waals surface area contributed by atoms with Crippen molar-refractivity contribution in [3.8, 4) is 5.75 Å². The number of hydrogen-bond acceptors (Lipinski definition) is 4. The van der Waals surface area contributed by atoms with Crippen LogP contribution in [0.2, 0.25) is 0 Å². The summed E-state index contributed by atoms with van der Waals surface area (Å²) in [6.07, 6.45) is 0. The van der Waals surface area contributed by atoms with Crippen LogP contribution < -0.4 is 14.8 Å². The number of carbonyl (C=O) groups is 1. The van der Waals surface area contributed by atoms with E-state index in [1.54, 1.807) is 37.4 Å². The van der Waals surface area contributed by atoms with E-state index in [4.69, 9.17) is 4.74 Å². The van der Waals surface area contributed by atoms with Crippen molar-refractivity contribution in [1.29, 1.82) is 0 Å². The number of sulfonamides is 1. The van der Waals surface area contributed by atoms with Crippen molar-refractivity contribution in [2.24, 2.45) is 0 Å². The van der Waals surface area contributed by atoms with E-state index in [0.717, 1.165) is 16.7 Å². The molecular formula is C23H23BrN2O4S. The van der Waals surface area contributed by atoms with Gasteiger partial charge in [0.25, 0.3) is 15.9 Å². The normalized spacial score (nSPS) is 11.1. The van der Waals surface area contributed by atoms with Gasteiger partial charge in [0.2, 0.25) is 0 Å². The lowest BCUT2D eigenvalue weighted by Gasteiger charge is -2.14. The standard InChI is InChI=1S/C23H23BrN2O4S/c1-14-11-15(2)22(16(3)12-14)26-31(28,29)19-8-6-18(7-9-19)25-23(27)17-5-10-21(30-4)20(24)13-17/h5-13,26H,1-4H3,(H,25,27). The van der Waals surface area contributed by atoms with Gasteiger partial charge in [-0.25, -0.2) is 8.42 Å². The van der Waals surface area contributed by atoms with Gasteiger partial charge in [-0.3, -0.25) is 9.52 Å². The Bertz CT molecular complexity index is 1220. The highest BCUT2D eigenvalue weighted by molar-refractivity contribution is 9.10. The molecule has 6 nitrogen and oxygen atoms in total. The number of halogens is 1. The van der Waals surface area contributed by atoms with Crippen LogP contribution in [0.3, 0.4) is 0 Å². The van der Waals surface area contributed by atoms with Gasteiger partial charge in [-0.15, -0.1) is 0 Å². The lowest BCUT2D eigenvalue weighted by Crippen LogP contribution is -2.15. The van der Waals surface area contributed by atoms with Gasteiger partial charge < -0.3 is 10.1 Å². The summed E-state index contributed by atoms with van der Waals surface area (Å²) >= 11 is 3.35. The fourth-order valence-electron chi connectivity index (χ4n) is 3.26. The molecule has 0 fully saturated rings. The van der Waals surface area contributed by atoms with Crippen LogP contribution in [0, 0.1) is 20.8 Å². The number of benzene rings is 3. The van der Waals surface area contributed by atoms with Gasteiger partial charge in [0.15, 0.2) is 0 Å². The minimum Gasteiger partial charge on any atom is -0.496 e. The molecule has 0 bridgehead atoms. The van der Waals surface area contributed by atoms with E-state index in [1.165, 1.54) is 12.1 Å². The smallest absolute Gasteiger partial charge is 0.261 e. The lowest BCUT2D eigenvalue weighted by atomic mass is 10.1. The number of amides is 1. The minimum atomic E-state index is -3.76. The SMILES string of the molecule is COc1ccc(C(=O)Nc2ccc(S(=O)(=O)Nc3c(C)cc(C)cc3C)cc2)cc1Br. The van der Waals surface area contributed by atoms with Crippen molar-refractivity contribution in [2.75, 3.05) is 17.1 Å². The fourth-order valence-corrected chi connectivity index (χ4v) is 5.01. The number of hydrogen-bond donors (Lipinski definition) is 2. The Kier molecular flexibility index (Phi) is 6.71. The summed E-state index contributed by atoms with van der Waals surface area (Å²) in [5.74, 6) is 0.306. The van der Waals surface area contributed by atoms with Crippen molar-refractivity contribution >= 4 is 43.2 Å². The van der Waals surface area contributed by atoms with Gasteiger partial charge in [-0.05, 0) is 90.3 Å². The quantitative estimate of drug-likeness (QED) is 0.470. The Morgan fingerprint density at radius 3 is 2.10 bits per heavy atom. The van der Waals surface area contributed by atoms with Crippen LogP contribution >= 0.6 is 15.9 Å². The molecule has 0 aliphatic heterocycles. The Morgan fingerprint density at radius 2 is 1.55 bits per heavy atom. The molecule has 0 saturated carbocycles. The van der Waals surface area contributed by atoms with E-state index in [2.05, 4.69) is 26.0 Å². The third kappa shape index (κ3) is 5.26. The van der Waals surface area contributed by atoms with E-state index in [9.17, 15) is 13.2 Å². The van der Waals surface area contributed by atoms with Crippen LogP contribution in [0.5, 0.6) is 5.75 Å². The van der Waals surface area contributed by atoms with E-state index in [0.29, 0.717) is 27.2 Å². The molecule has 8 heteroatoms. The van der Waals surface area contributed by atoms with Crippen molar-refractivity contribution in [3.05, 3.63) is 81.3 Å². The summed E-state index contributed by atoms with van der Waals surface area (Å²) in [5.41, 5.74) is 4.29. The molecule has 0 aliphatic carbocycles. The van der Waals surface area contributed by atoms with Crippen LogP contribution in [0.4, 0.5) is 11.4 Å². The van der Waals surface area contributed by atoms with Crippen LogP contribution in [-0.2, 0) is 10.0 Å². The molecule has 0 aliphatic rings. The molecule has 0 heterocycles. The molecule has 162 valence electrons. The summed E-state index contributed by atoms with van der Waals surface area (Å²) in [6.45, 7) is 5.71. The highest BCUT2D eigenvalue weighted by Gasteiger charge is 2.17. The van der Waals surface area contributed by atoms with Gasteiger partial charge in [0.05, 0.1) is 22.2 Å². The number of nitrogens with one attached hydrogen (secondary N) is 2. The molecule has 31 heavy (non-hydrogen) atoms. The van der Waals surface area contributed by atoms with Gasteiger partial charge in [-0.2, -0.15) is 0 Å². The summed E-state index contributed by atoms with van der Waals surface area (Å²) in [5, 5.41) is 2.76. The van der Waals surface area contributed by atoms with Crippen molar-refractivity contribution in [1.82, 2.24) is 0 Å².